The zero-order valence-electron chi connectivity index (χ0n) is 12.0. The fourth-order valence-electron chi connectivity index (χ4n) is 1.91. The first-order valence-electron chi connectivity index (χ1n) is 6.58. The third-order valence-corrected chi connectivity index (χ3v) is 4.87. The number of carbonyl (C=O) groups excluding carboxylic acids is 1. The summed E-state index contributed by atoms with van der Waals surface area (Å²) in [6.45, 7) is 0. The van der Waals surface area contributed by atoms with E-state index in [4.69, 9.17) is 11.6 Å². The Morgan fingerprint density at radius 1 is 1.22 bits per heavy atom. The van der Waals surface area contributed by atoms with Gasteiger partial charge < -0.3 is 0 Å². The summed E-state index contributed by atoms with van der Waals surface area (Å²) in [6, 6.07) is 10.8. The SMILES string of the molecule is CSc1ncccc1C(=O)Nc1nnc(-c2ccccc2Cl)s1. The Morgan fingerprint density at radius 2 is 2.04 bits per heavy atom. The van der Waals surface area contributed by atoms with E-state index in [-0.39, 0.29) is 5.91 Å². The second kappa shape index (κ2) is 7.08. The van der Waals surface area contributed by atoms with Crippen molar-refractivity contribution < 1.29 is 4.79 Å². The smallest absolute Gasteiger partial charge is 0.260 e. The van der Waals surface area contributed by atoms with Gasteiger partial charge in [-0.25, -0.2) is 4.98 Å². The predicted molar refractivity (Wildman–Crippen MR) is 94.3 cm³/mol. The van der Waals surface area contributed by atoms with Crippen molar-refractivity contribution >= 4 is 45.7 Å². The lowest BCUT2D eigenvalue weighted by Crippen LogP contribution is -2.13. The minimum absolute atomic E-state index is 0.260. The van der Waals surface area contributed by atoms with Crippen molar-refractivity contribution in [2.24, 2.45) is 0 Å². The highest BCUT2D eigenvalue weighted by Gasteiger charge is 2.15. The first-order chi connectivity index (χ1) is 11.2. The summed E-state index contributed by atoms with van der Waals surface area (Å²) in [7, 11) is 0. The lowest BCUT2D eigenvalue weighted by atomic mass is 10.2. The van der Waals surface area contributed by atoms with E-state index in [9.17, 15) is 4.79 Å². The van der Waals surface area contributed by atoms with E-state index >= 15 is 0 Å². The van der Waals surface area contributed by atoms with E-state index < -0.39 is 0 Å². The van der Waals surface area contributed by atoms with E-state index in [1.54, 1.807) is 24.4 Å². The maximum absolute atomic E-state index is 12.4. The number of pyridine rings is 1. The largest absolute Gasteiger partial charge is 0.296 e. The summed E-state index contributed by atoms with van der Waals surface area (Å²) in [5.41, 5.74) is 1.30. The number of hydrogen-bond donors (Lipinski definition) is 1. The highest BCUT2D eigenvalue weighted by Crippen LogP contribution is 2.31. The van der Waals surface area contributed by atoms with Gasteiger partial charge in [-0.15, -0.1) is 22.0 Å². The van der Waals surface area contributed by atoms with Gasteiger partial charge in [-0.2, -0.15) is 0 Å². The molecule has 116 valence electrons. The zero-order chi connectivity index (χ0) is 16.2. The lowest BCUT2D eigenvalue weighted by Gasteiger charge is -2.04. The quantitative estimate of drug-likeness (QED) is 0.703. The van der Waals surface area contributed by atoms with Crippen molar-refractivity contribution in [2.75, 3.05) is 11.6 Å². The lowest BCUT2D eigenvalue weighted by molar-refractivity contribution is 0.102. The molecule has 0 aliphatic rings. The number of nitrogens with zero attached hydrogens (tertiary/aromatic N) is 3. The van der Waals surface area contributed by atoms with Gasteiger partial charge in [0.2, 0.25) is 5.13 Å². The molecule has 0 bridgehead atoms. The molecule has 3 rings (SSSR count). The Hall–Kier alpha value is -1.96. The summed E-state index contributed by atoms with van der Waals surface area (Å²) < 4.78 is 0. The van der Waals surface area contributed by atoms with Crippen molar-refractivity contribution in [2.45, 2.75) is 5.03 Å². The van der Waals surface area contributed by atoms with Gasteiger partial charge in [-0.3, -0.25) is 10.1 Å². The molecule has 5 nitrogen and oxygen atoms in total. The van der Waals surface area contributed by atoms with Gasteiger partial charge in [0.1, 0.15) is 5.03 Å². The van der Waals surface area contributed by atoms with Gasteiger partial charge in [-0.05, 0) is 24.5 Å². The van der Waals surface area contributed by atoms with Crippen LogP contribution >= 0.6 is 34.7 Å². The number of rotatable bonds is 4. The standard InChI is InChI=1S/C15H11ClN4OS2/c1-22-13-10(6-4-8-17-13)12(21)18-15-20-19-14(23-15)9-5-2-3-7-11(9)16/h2-8H,1H3,(H,18,20,21). The van der Waals surface area contributed by atoms with Crippen LogP contribution in [0.2, 0.25) is 5.02 Å². The molecule has 0 saturated heterocycles. The molecular weight excluding hydrogens is 352 g/mol. The number of halogens is 1. The first kappa shape index (κ1) is 15.9. The molecule has 0 radical (unpaired) electrons. The molecule has 0 spiro atoms. The zero-order valence-corrected chi connectivity index (χ0v) is 14.4. The average Bonchev–Trinajstić information content (AvgIpc) is 3.03. The van der Waals surface area contributed by atoms with Crippen LogP contribution in [0, 0.1) is 0 Å². The average molecular weight is 363 g/mol. The molecule has 0 atom stereocenters. The molecule has 1 aromatic carbocycles. The number of anilines is 1. The van der Waals surface area contributed by atoms with Crippen LogP contribution in [0.1, 0.15) is 10.4 Å². The minimum atomic E-state index is -0.260. The topological polar surface area (TPSA) is 67.8 Å². The van der Waals surface area contributed by atoms with Crippen LogP contribution in [0.5, 0.6) is 0 Å². The van der Waals surface area contributed by atoms with E-state index in [1.165, 1.54) is 23.1 Å². The van der Waals surface area contributed by atoms with Gasteiger partial charge >= 0.3 is 0 Å². The number of benzene rings is 1. The molecule has 0 fully saturated rings. The fraction of sp³-hybridized carbons (Fsp3) is 0.0667. The molecule has 2 aromatic heterocycles. The van der Waals surface area contributed by atoms with E-state index in [2.05, 4.69) is 20.5 Å². The van der Waals surface area contributed by atoms with Gasteiger partial charge in [0.25, 0.3) is 5.91 Å². The van der Waals surface area contributed by atoms with Crippen LogP contribution in [-0.4, -0.2) is 27.3 Å². The van der Waals surface area contributed by atoms with E-state index in [1.807, 2.05) is 24.5 Å². The summed E-state index contributed by atoms with van der Waals surface area (Å²) in [5, 5.41) is 13.2. The normalized spacial score (nSPS) is 10.5. The molecule has 2 heterocycles. The molecule has 0 aliphatic heterocycles. The number of aromatic nitrogens is 3. The molecule has 1 amide bonds. The number of thioether (sulfide) groups is 1. The van der Waals surface area contributed by atoms with Crippen molar-refractivity contribution in [1.82, 2.24) is 15.2 Å². The van der Waals surface area contributed by atoms with Crippen LogP contribution < -0.4 is 5.32 Å². The van der Waals surface area contributed by atoms with E-state index in [0.717, 1.165) is 5.56 Å². The molecule has 0 unspecified atom stereocenters. The van der Waals surface area contributed by atoms with Crippen LogP contribution in [0.3, 0.4) is 0 Å². The Kier molecular flexibility index (Phi) is 4.90. The summed E-state index contributed by atoms with van der Waals surface area (Å²) in [4.78, 5) is 16.5. The van der Waals surface area contributed by atoms with Crippen LogP contribution in [0.25, 0.3) is 10.6 Å². The predicted octanol–water partition coefficient (Wildman–Crippen LogP) is 4.23. The number of carbonyl (C=O) groups is 1. The summed E-state index contributed by atoms with van der Waals surface area (Å²) in [6.07, 6.45) is 3.53. The molecule has 8 heteroatoms. The van der Waals surface area contributed by atoms with Gasteiger partial charge in [0.15, 0.2) is 5.01 Å². The van der Waals surface area contributed by atoms with Crippen molar-refractivity contribution in [1.29, 1.82) is 0 Å². The second-order valence-electron chi connectivity index (χ2n) is 4.41. The minimum Gasteiger partial charge on any atom is -0.296 e. The molecule has 3 aromatic rings. The van der Waals surface area contributed by atoms with E-state index in [0.29, 0.717) is 25.8 Å². The third kappa shape index (κ3) is 3.52. The number of hydrogen-bond acceptors (Lipinski definition) is 6. The highest BCUT2D eigenvalue weighted by molar-refractivity contribution is 7.98. The van der Waals surface area contributed by atoms with Crippen LogP contribution in [0.4, 0.5) is 5.13 Å². The highest BCUT2D eigenvalue weighted by atomic mass is 35.5. The Balaban J connectivity index is 1.82. The fourth-order valence-corrected chi connectivity index (χ4v) is 3.51. The number of amides is 1. The maximum Gasteiger partial charge on any atom is 0.260 e. The summed E-state index contributed by atoms with van der Waals surface area (Å²) >= 11 is 8.84. The van der Waals surface area contributed by atoms with Crippen molar-refractivity contribution in [3.8, 4) is 10.6 Å². The van der Waals surface area contributed by atoms with Crippen molar-refractivity contribution in [3.63, 3.8) is 0 Å². The Bertz CT molecular complexity index is 853. The molecule has 0 saturated carbocycles. The molecular formula is C15H11ClN4OS2. The van der Waals surface area contributed by atoms with Gasteiger partial charge in [0.05, 0.1) is 10.6 Å². The maximum atomic E-state index is 12.4. The van der Waals surface area contributed by atoms with Crippen molar-refractivity contribution in [3.05, 3.63) is 53.2 Å². The Labute approximate surface area is 146 Å². The molecule has 23 heavy (non-hydrogen) atoms. The molecule has 1 N–H and O–H groups in total. The number of nitrogens with one attached hydrogen (secondary N) is 1. The van der Waals surface area contributed by atoms with Gasteiger partial charge in [-0.1, -0.05) is 41.1 Å². The summed E-state index contributed by atoms with van der Waals surface area (Å²) in [5.74, 6) is -0.260. The second-order valence-corrected chi connectivity index (χ2v) is 6.59. The first-order valence-corrected chi connectivity index (χ1v) is 8.99. The monoisotopic (exact) mass is 362 g/mol. The molecule has 0 aliphatic carbocycles. The van der Waals surface area contributed by atoms with Gasteiger partial charge in [0, 0.05) is 11.8 Å². The van der Waals surface area contributed by atoms with Crippen LogP contribution in [0.15, 0.2) is 47.6 Å². The third-order valence-electron chi connectivity index (χ3n) is 2.96. The Morgan fingerprint density at radius 3 is 2.83 bits per heavy atom. The van der Waals surface area contributed by atoms with Crippen LogP contribution in [-0.2, 0) is 0 Å².